The van der Waals surface area contributed by atoms with Gasteiger partial charge in [0.2, 0.25) is 5.95 Å². The van der Waals surface area contributed by atoms with Crippen molar-refractivity contribution >= 4 is 39.7 Å². The average Bonchev–Trinajstić information content (AvgIpc) is 3.25. The van der Waals surface area contributed by atoms with Crippen molar-refractivity contribution in [2.45, 2.75) is 33.0 Å². The van der Waals surface area contributed by atoms with Gasteiger partial charge in [-0.1, -0.05) is 18.2 Å². The van der Waals surface area contributed by atoms with Crippen LogP contribution in [0.5, 0.6) is 0 Å². The number of amides is 2. The first-order valence-electron chi connectivity index (χ1n) is 9.76. The van der Waals surface area contributed by atoms with Crippen LogP contribution in [0.4, 0.5) is 5.95 Å². The number of nitrogens with zero attached hydrogens (tertiary/aromatic N) is 3. The van der Waals surface area contributed by atoms with Crippen LogP contribution in [-0.2, 0) is 13.1 Å². The first-order chi connectivity index (χ1) is 14.0. The third-order valence-corrected chi connectivity index (χ3v) is 5.43. The Bertz CT molecular complexity index is 1280. The lowest BCUT2D eigenvalue weighted by atomic mass is 10.1. The Balaban J connectivity index is 1.52. The summed E-state index contributed by atoms with van der Waals surface area (Å²) in [7, 11) is 0. The second kappa shape index (κ2) is 6.48. The SMILES string of the molecule is CCn1c(NC(=O)c2ccc3cc4n(c3c2)C[C@H](C)NC4=O)nc2ccccc21. The average molecular weight is 387 g/mol. The van der Waals surface area contributed by atoms with Crippen LogP contribution in [-0.4, -0.2) is 32.0 Å². The van der Waals surface area contributed by atoms with E-state index in [0.717, 1.165) is 21.9 Å². The van der Waals surface area contributed by atoms with Gasteiger partial charge in [0.25, 0.3) is 11.8 Å². The van der Waals surface area contributed by atoms with Gasteiger partial charge in [0.05, 0.1) is 11.0 Å². The Kier molecular flexibility index (Phi) is 3.91. The van der Waals surface area contributed by atoms with Crippen LogP contribution >= 0.6 is 0 Å². The molecular formula is C22H21N5O2. The van der Waals surface area contributed by atoms with E-state index in [0.29, 0.717) is 30.3 Å². The molecule has 2 N–H and O–H groups in total. The van der Waals surface area contributed by atoms with Crippen molar-refractivity contribution in [2.75, 3.05) is 5.32 Å². The molecule has 3 heterocycles. The minimum absolute atomic E-state index is 0.0487. The van der Waals surface area contributed by atoms with Crippen LogP contribution in [0.25, 0.3) is 21.9 Å². The van der Waals surface area contributed by atoms with Gasteiger partial charge in [-0.25, -0.2) is 4.98 Å². The summed E-state index contributed by atoms with van der Waals surface area (Å²) >= 11 is 0. The zero-order chi connectivity index (χ0) is 20.1. The lowest BCUT2D eigenvalue weighted by molar-refractivity contribution is 0.0907. The van der Waals surface area contributed by atoms with E-state index in [2.05, 4.69) is 15.6 Å². The van der Waals surface area contributed by atoms with Crippen LogP contribution in [0.15, 0.2) is 48.5 Å². The first kappa shape index (κ1) is 17.5. The summed E-state index contributed by atoms with van der Waals surface area (Å²) in [6, 6.07) is 15.2. The third kappa shape index (κ3) is 2.77. The van der Waals surface area contributed by atoms with Crippen molar-refractivity contribution in [3.05, 3.63) is 59.8 Å². The van der Waals surface area contributed by atoms with E-state index >= 15 is 0 Å². The molecular weight excluding hydrogens is 366 g/mol. The topological polar surface area (TPSA) is 81.0 Å². The molecule has 0 bridgehead atoms. The van der Waals surface area contributed by atoms with Gasteiger partial charge < -0.3 is 14.5 Å². The summed E-state index contributed by atoms with van der Waals surface area (Å²) in [5.41, 5.74) is 3.88. The monoisotopic (exact) mass is 387 g/mol. The van der Waals surface area contributed by atoms with Crippen LogP contribution in [0, 0.1) is 0 Å². The molecule has 2 amide bonds. The molecule has 5 rings (SSSR count). The maximum Gasteiger partial charge on any atom is 0.268 e. The largest absolute Gasteiger partial charge is 0.347 e. The van der Waals surface area contributed by atoms with Gasteiger partial charge in [0.1, 0.15) is 5.69 Å². The number of benzene rings is 2. The number of carbonyl (C=O) groups is 2. The highest BCUT2D eigenvalue weighted by molar-refractivity contribution is 6.07. The number of imidazole rings is 1. The molecule has 1 atom stereocenters. The number of hydrogen-bond donors (Lipinski definition) is 2. The summed E-state index contributed by atoms with van der Waals surface area (Å²) in [5.74, 6) is 0.229. The normalized spacial score (nSPS) is 16.1. The van der Waals surface area contributed by atoms with Gasteiger partial charge in [-0.05, 0) is 44.2 Å². The van der Waals surface area contributed by atoms with Crippen molar-refractivity contribution in [1.29, 1.82) is 0 Å². The molecule has 0 aliphatic carbocycles. The molecule has 0 spiro atoms. The number of para-hydroxylation sites is 2. The van der Waals surface area contributed by atoms with E-state index in [9.17, 15) is 9.59 Å². The summed E-state index contributed by atoms with van der Waals surface area (Å²) < 4.78 is 3.97. The zero-order valence-electron chi connectivity index (χ0n) is 16.3. The van der Waals surface area contributed by atoms with Gasteiger partial charge in [-0.2, -0.15) is 0 Å². The summed E-state index contributed by atoms with van der Waals surface area (Å²) in [5, 5.41) is 6.83. The fraction of sp³-hybridized carbons (Fsp3) is 0.227. The van der Waals surface area contributed by atoms with Crippen LogP contribution in [0.3, 0.4) is 0 Å². The molecule has 0 radical (unpaired) electrons. The van der Waals surface area contributed by atoms with E-state index < -0.39 is 0 Å². The Morgan fingerprint density at radius 3 is 2.86 bits per heavy atom. The molecule has 7 nitrogen and oxygen atoms in total. The Labute approximate surface area is 167 Å². The van der Waals surface area contributed by atoms with Crippen molar-refractivity contribution in [3.63, 3.8) is 0 Å². The molecule has 0 saturated heterocycles. The maximum absolute atomic E-state index is 13.0. The second-order valence-corrected chi connectivity index (χ2v) is 7.41. The smallest absolute Gasteiger partial charge is 0.268 e. The van der Waals surface area contributed by atoms with E-state index in [1.165, 1.54) is 0 Å². The van der Waals surface area contributed by atoms with Crippen molar-refractivity contribution in [2.24, 2.45) is 0 Å². The van der Waals surface area contributed by atoms with Crippen molar-refractivity contribution < 1.29 is 9.59 Å². The van der Waals surface area contributed by atoms with Gasteiger partial charge in [0.15, 0.2) is 0 Å². The predicted molar refractivity (Wildman–Crippen MR) is 112 cm³/mol. The maximum atomic E-state index is 13.0. The molecule has 1 aliphatic rings. The van der Waals surface area contributed by atoms with Gasteiger partial charge in [0, 0.05) is 35.6 Å². The highest BCUT2D eigenvalue weighted by atomic mass is 16.2. The van der Waals surface area contributed by atoms with E-state index in [1.807, 2.05) is 65.4 Å². The van der Waals surface area contributed by atoms with E-state index in [1.54, 1.807) is 6.07 Å². The number of rotatable bonds is 3. The Morgan fingerprint density at radius 2 is 2.03 bits per heavy atom. The lowest BCUT2D eigenvalue weighted by Gasteiger charge is -2.23. The Hall–Kier alpha value is -3.61. The highest BCUT2D eigenvalue weighted by Crippen LogP contribution is 2.25. The quantitative estimate of drug-likeness (QED) is 0.565. The van der Waals surface area contributed by atoms with E-state index in [4.69, 9.17) is 0 Å². The van der Waals surface area contributed by atoms with Gasteiger partial charge in [-0.3, -0.25) is 14.9 Å². The molecule has 0 unspecified atom stereocenters. The molecule has 2 aromatic carbocycles. The standard InChI is InChI=1S/C22H21N5O2/c1-3-26-17-7-5-4-6-16(17)24-22(26)25-20(28)15-9-8-14-10-19-21(29)23-13(2)12-27(19)18(14)11-15/h4-11,13H,3,12H2,1-2H3,(H,23,29)(H,24,25,28)/t13-/m0/s1. The zero-order valence-corrected chi connectivity index (χ0v) is 16.3. The number of anilines is 1. The molecule has 7 heteroatoms. The second-order valence-electron chi connectivity index (χ2n) is 7.41. The molecule has 146 valence electrons. The van der Waals surface area contributed by atoms with Gasteiger partial charge in [-0.15, -0.1) is 0 Å². The van der Waals surface area contributed by atoms with Gasteiger partial charge >= 0.3 is 0 Å². The van der Waals surface area contributed by atoms with Crippen LogP contribution in [0.2, 0.25) is 0 Å². The molecule has 29 heavy (non-hydrogen) atoms. The number of hydrogen-bond acceptors (Lipinski definition) is 3. The minimum atomic E-state index is -0.222. The predicted octanol–water partition coefficient (Wildman–Crippen LogP) is 3.40. The van der Waals surface area contributed by atoms with E-state index in [-0.39, 0.29) is 17.9 Å². The minimum Gasteiger partial charge on any atom is -0.347 e. The van der Waals surface area contributed by atoms with Crippen LogP contribution < -0.4 is 10.6 Å². The first-order valence-corrected chi connectivity index (χ1v) is 9.76. The third-order valence-electron chi connectivity index (χ3n) is 5.43. The Morgan fingerprint density at radius 1 is 1.21 bits per heavy atom. The molecule has 0 fully saturated rings. The fourth-order valence-electron chi connectivity index (χ4n) is 4.06. The van der Waals surface area contributed by atoms with Crippen molar-refractivity contribution in [1.82, 2.24) is 19.4 Å². The number of nitrogens with one attached hydrogen (secondary N) is 2. The molecule has 0 saturated carbocycles. The number of aryl methyl sites for hydroxylation is 1. The number of carbonyl (C=O) groups excluding carboxylic acids is 2. The molecule has 1 aliphatic heterocycles. The fourth-order valence-corrected chi connectivity index (χ4v) is 4.06. The number of fused-ring (bicyclic) bond motifs is 4. The lowest BCUT2D eigenvalue weighted by Crippen LogP contribution is -2.42. The summed E-state index contributed by atoms with van der Waals surface area (Å²) in [6.45, 7) is 5.38. The highest BCUT2D eigenvalue weighted by Gasteiger charge is 2.24. The summed E-state index contributed by atoms with van der Waals surface area (Å²) in [4.78, 5) is 29.8. The summed E-state index contributed by atoms with van der Waals surface area (Å²) in [6.07, 6.45) is 0. The van der Waals surface area contributed by atoms with Crippen molar-refractivity contribution in [3.8, 4) is 0 Å². The molecule has 4 aromatic rings. The number of aromatic nitrogens is 3. The molecule has 2 aromatic heterocycles. The van der Waals surface area contributed by atoms with Crippen LogP contribution in [0.1, 0.15) is 34.7 Å².